The van der Waals surface area contributed by atoms with E-state index in [2.05, 4.69) is 20.8 Å². The van der Waals surface area contributed by atoms with Crippen molar-refractivity contribution >= 4 is 18.3 Å². The minimum absolute atomic E-state index is 0. The van der Waals surface area contributed by atoms with Crippen LogP contribution in [0.5, 0.6) is 11.5 Å². The number of methoxy groups -OCH3 is 2. The highest BCUT2D eigenvalue weighted by molar-refractivity contribution is 5.94. The van der Waals surface area contributed by atoms with E-state index in [0.717, 1.165) is 29.8 Å². The molecule has 0 fully saturated rings. The first-order valence-corrected chi connectivity index (χ1v) is 7.99. The van der Waals surface area contributed by atoms with E-state index >= 15 is 0 Å². The van der Waals surface area contributed by atoms with Gasteiger partial charge in [0.1, 0.15) is 0 Å². The molecule has 1 aromatic carbocycles. The van der Waals surface area contributed by atoms with Crippen molar-refractivity contribution in [3.63, 3.8) is 0 Å². The van der Waals surface area contributed by atoms with Crippen LogP contribution in [0.25, 0.3) is 0 Å². The second kappa shape index (κ2) is 8.73. The van der Waals surface area contributed by atoms with Crippen LogP contribution in [-0.2, 0) is 19.4 Å². The van der Waals surface area contributed by atoms with Crippen LogP contribution < -0.4 is 20.1 Å². The number of carbonyl (C=O) groups excluding carboxylic acids is 1. The molecule has 2 aromatic rings. The average molecular weight is 367 g/mol. The predicted octanol–water partition coefficient (Wildman–Crippen LogP) is 1.47. The van der Waals surface area contributed by atoms with Crippen LogP contribution in [0.3, 0.4) is 0 Å². The molecule has 2 heterocycles. The molecule has 25 heavy (non-hydrogen) atoms. The summed E-state index contributed by atoms with van der Waals surface area (Å²) in [5, 5.41) is 13.3. The van der Waals surface area contributed by atoms with Gasteiger partial charge in [-0.15, -0.1) is 12.4 Å². The van der Waals surface area contributed by atoms with Crippen LogP contribution in [0.4, 0.5) is 0 Å². The molecule has 1 aliphatic heterocycles. The number of aromatic amines is 1. The van der Waals surface area contributed by atoms with E-state index < -0.39 is 0 Å². The Morgan fingerprint density at radius 3 is 2.84 bits per heavy atom. The Labute approximate surface area is 152 Å². The van der Waals surface area contributed by atoms with Gasteiger partial charge in [0, 0.05) is 37.3 Å². The minimum Gasteiger partial charge on any atom is -0.493 e. The van der Waals surface area contributed by atoms with Gasteiger partial charge in [-0.25, -0.2) is 0 Å². The molecule has 0 bridgehead atoms. The van der Waals surface area contributed by atoms with Gasteiger partial charge in [-0.2, -0.15) is 5.10 Å². The monoisotopic (exact) mass is 366 g/mol. The number of nitrogens with zero attached hydrogens (tertiary/aromatic N) is 1. The first kappa shape index (κ1) is 19.1. The number of halogens is 1. The van der Waals surface area contributed by atoms with Gasteiger partial charge in [-0.3, -0.25) is 9.89 Å². The molecular weight excluding hydrogens is 344 g/mol. The third kappa shape index (κ3) is 4.24. The van der Waals surface area contributed by atoms with Gasteiger partial charge in [-0.1, -0.05) is 6.07 Å². The van der Waals surface area contributed by atoms with Gasteiger partial charge in [0.25, 0.3) is 5.91 Å². The topological polar surface area (TPSA) is 88.3 Å². The van der Waals surface area contributed by atoms with Crippen molar-refractivity contribution in [1.29, 1.82) is 0 Å². The zero-order chi connectivity index (χ0) is 16.9. The van der Waals surface area contributed by atoms with Crippen LogP contribution in [-0.4, -0.2) is 43.4 Å². The summed E-state index contributed by atoms with van der Waals surface area (Å²) in [5.74, 6) is 1.24. The van der Waals surface area contributed by atoms with Gasteiger partial charge < -0.3 is 20.1 Å². The second-order valence-corrected chi connectivity index (χ2v) is 5.65. The molecule has 0 spiro atoms. The van der Waals surface area contributed by atoms with E-state index in [1.165, 1.54) is 0 Å². The van der Waals surface area contributed by atoms with E-state index in [4.69, 9.17) is 9.47 Å². The SMILES string of the molecule is COc1ccc(CCNC(=O)c2n[nH]c3c2CNCC3)cc1OC.Cl. The standard InChI is InChI=1S/C17H22N4O3.ClH/c1-23-14-4-3-11(9-15(14)24-2)5-8-19-17(22)16-12-10-18-7-6-13(12)20-21-16;/h3-4,9,18H,5-8,10H2,1-2H3,(H,19,22)(H,20,21);1H. The maximum absolute atomic E-state index is 12.3. The highest BCUT2D eigenvalue weighted by Gasteiger charge is 2.21. The minimum atomic E-state index is -0.142. The van der Waals surface area contributed by atoms with Gasteiger partial charge in [0.05, 0.1) is 14.2 Å². The summed E-state index contributed by atoms with van der Waals surface area (Å²) in [6.45, 7) is 2.13. The molecule has 1 aliphatic rings. The lowest BCUT2D eigenvalue weighted by Crippen LogP contribution is -2.29. The van der Waals surface area contributed by atoms with Gasteiger partial charge in [0.2, 0.25) is 0 Å². The molecule has 136 valence electrons. The third-order valence-corrected chi connectivity index (χ3v) is 4.17. The number of rotatable bonds is 6. The smallest absolute Gasteiger partial charge is 0.272 e. The Bertz CT molecular complexity index is 733. The van der Waals surface area contributed by atoms with Crippen LogP contribution in [0, 0.1) is 0 Å². The summed E-state index contributed by atoms with van der Waals surface area (Å²) in [5.41, 5.74) is 3.59. The zero-order valence-electron chi connectivity index (χ0n) is 14.3. The fraction of sp³-hybridized carbons (Fsp3) is 0.412. The number of amides is 1. The molecule has 1 aromatic heterocycles. The van der Waals surface area contributed by atoms with Crippen molar-refractivity contribution in [3.05, 3.63) is 40.7 Å². The van der Waals surface area contributed by atoms with Crippen molar-refractivity contribution in [2.24, 2.45) is 0 Å². The normalized spacial score (nSPS) is 12.7. The van der Waals surface area contributed by atoms with E-state index in [9.17, 15) is 4.79 Å². The Morgan fingerprint density at radius 1 is 1.28 bits per heavy atom. The summed E-state index contributed by atoms with van der Waals surface area (Å²) in [6.07, 6.45) is 1.58. The lowest BCUT2D eigenvalue weighted by Gasteiger charge is -2.13. The number of aromatic nitrogens is 2. The van der Waals surface area contributed by atoms with Crippen LogP contribution in [0.15, 0.2) is 18.2 Å². The quantitative estimate of drug-likeness (QED) is 0.720. The maximum Gasteiger partial charge on any atom is 0.272 e. The van der Waals surface area contributed by atoms with Gasteiger partial charge in [-0.05, 0) is 24.1 Å². The van der Waals surface area contributed by atoms with Gasteiger partial charge >= 0.3 is 0 Å². The molecule has 1 amide bonds. The molecule has 3 rings (SSSR count). The number of nitrogens with one attached hydrogen (secondary N) is 3. The number of benzene rings is 1. The third-order valence-electron chi connectivity index (χ3n) is 4.17. The molecule has 8 heteroatoms. The molecule has 7 nitrogen and oxygen atoms in total. The molecule has 0 radical (unpaired) electrons. The number of fused-ring (bicyclic) bond motifs is 1. The Balaban J connectivity index is 0.00000225. The molecule has 0 atom stereocenters. The average Bonchev–Trinajstić information content (AvgIpc) is 3.05. The largest absolute Gasteiger partial charge is 0.493 e. The molecular formula is C17H23ClN4O3. The van der Waals surface area contributed by atoms with E-state index in [1.54, 1.807) is 14.2 Å². The fourth-order valence-corrected chi connectivity index (χ4v) is 2.85. The Hall–Kier alpha value is -2.25. The van der Waals surface area contributed by atoms with Crippen molar-refractivity contribution in [2.75, 3.05) is 27.3 Å². The maximum atomic E-state index is 12.3. The lowest BCUT2D eigenvalue weighted by atomic mass is 10.1. The lowest BCUT2D eigenvalue weighted by molar-refractivity contribution is 0.0948. The summed E-state index contributed by atoms with van der Waals surface area (Å²) in [6, 6.07) is 5.75. The van der Waals surface area contributed by atoms with Crippen LogP contribution in [0.2, 0.25) is 0 Å². The number of hydrogen-bond donors (Lipinski definition) is 3. The summed E-state index contributed by atoms with van der Waals surface area (Å²) in [4.78, 5) is 12.3. The first-order valence-electron chi connectivity index (χ1n) is 7.99. The number of hydrogen-bond acceptors (Lipinski definition) is 5. The number of ether oxygens (including phenoxy) is 2. The van der Waals surface area contributed by atoms with E-state index in [-0.39, 0.29) is 18.3 Å². The summed E-state index contributed by atoms with van der Waals surface area (Å²) in [7, 11) is 3.22. The zero-order valence-corrected chi connectivity index (χ0v) is 15.2. The van der Waals surface area contributed by atoms with Crippen LogP contribution >= 0.6 is 12.4 Å². The highest BCUT2D eigenvalue weighted by atomic mass is 35.5. The van der Waals surface area contributed by atoms with E-state index in [1.807, 2.05) is 18.2 Å². The molecule has 0 saturated carbocycles. The van der Waals surface area contributed by atoms with Crippen molar-refractivity contribution in [2.45, 2.75) is 19.4 Å². The Morgan fingerprint density at radius 2 is 2.08 bits per heavy atom. The second-order valence-electron chi connectivity index (χ2n) is 5.65. The highest BCUT2D eigenvalue weighted by Crippen LogP contribution is 2.27. The van der Waals surface area contributed by atoms with Crippen molar-refractivity contribution < 1.29 is 14.3 Å². The summed E-state index contributed by atoms with van der Waals surface area (Å²) >= 11 is 0. The molecule has 0 unspecified atom stereocenters. The first-order chi connectivity index (χ1) is 11.7. The Kier molecular flexibility index (Phi) is 6.66. The van der Waals surface area contributed by atoms with Crippen molar-refractivity contribution in [3.8, 4) is 11.5 Å². The summed E-state index contributed by atoms with van der Waals surface area (Å²) < 4.78 is 10.5. The predicted molar refractivity (Wildman–Crippen MR) is 96.8 cm³/mol. The molecule has 3 N–H and O–H groups in total. The van der Waals surface area contributed by atoms with E-state index in [0.29, 0.717) is 36.7 Å². The number of carbonyl (C=O) groups is 1. The van der Waals surface area contributed by atoms with Crippen LogP contribution in [0.1, 0.15) is 27.3 Å². The molecule has 0 aliphatic carbocycles. The van der Waals surface area contributed by atoms with Crippen molar-refractivity contribution in [1.82, 2.24) is 20.8 Å². The van der Waals surface area contributed by atoms with Gasteiger partial charge in [0.15, 0.2) is 17.2 Å². The fourth-order valence-electron chi connectivity index (χ4n) is 2.85. The molecule has 0 saturated heterocycles. The number of H-pyrrole nitrogens is 1.